The van der Waals surface area contributed by atoms with E-state index >= 15 is 0 Å². The monoisotopic (exact) mass is 289 g/mol. The number of rotatable bonds is 7. The maximum Gasteiger partial charge on any atom is 0.311 e. The summed E-state index contributed by atoms with van der Waals surface area (Å²) in [5.74, 6) is 1.02. The Labute approximate surface area is 121 Å². The number of benzene rings is 2. The minimum Gasteiger partial charge on any atom is -0.490 e. The molecule has 0 aliphatic rings. The summed E-state index contributed by atoms with van der Waals surface area (Å²) in [6.07, 6.45) is 0.500. The first-order valence-corrected chi connectivity index (χ1v) is 6.46. The summed E-state index contributed by atoms with van der Waals surface area (Å²) in [5, 5.41) is 19.7. The summed E-state index contributed by atoms with van der Waals surface area (Å²) in [4.78, 5) is 10.5. The molecular formula is C15H15NO5. The third-order valence-corrected chi connectivity index (χ3v) is 2.69. The number of hydrogen-bond donors (Lipinski definition) is 1. The molecule has 0 fully saturated rings. The van der Waals surface area contributed by atoms with Gasteiger partial charge < -0.3 is 14.6 Å². The molecule has 21 heavy (non-hydrogen) atoms. The second-order valence-electron chi connectivity index (χ2n) is 4.20. The van der Waals surface area contributed by atoms with Crippen LogP contribution in [0.4, 0.5) is 5.69 Å². The molecule has 0 unspecified atom stereocenters. The van der Waals surface area contributed by atoms with Gasteiger partial charge in [0.15, 0.2) is 11.5 Å². The van der Waals surface area contributed by atoms with Crippen LogP contribution in [-0.2, 0) is 0 Å². The highest BCUT2D eigenvalue weighted by Crippen LogP contribution is 2.35. The molecule has 0 aliphatic heterocycles. The van der Waals surface area contributed by atoms with Gasteiger partial charge >= 0.3 is 5.69 Å². The van der Waals surface area contributed by atoms with E-state index in [1.54, 1.807) is 36.4 Å². The number of nitrogens with zero attached hydrogens (tertiary/aromatic N) is 1. The lowest BCUT2D eigenvalue weighted by molar-refractivity contribution is -0.385. The summed E-state index contributed by atoms with van der Waals surface area (Å²) in [7, 11) is 0. The fourth-order valence-corrected chi connectivity index (χ4v) is 1.71. The standard InChI is InChI=1S/C15H15NO5/c17-10-5-11-20-14-8-3-4-9-15(14)21-13-7-2-1-6-12(13)16(18)19/h1-4,6-9,17H,5,10-11H2. The van der Waals surface area contributed by atoms with Crippen LogP contribution in [0.25, 0.3) is 0 Å². The van der Waals surface area contributed by atoms with Crippen LogP contribution in [-0.4, -0.2) is 23.2 Å². The number of nitro groups is 1. The molecule has 0 aliphatic carbocycles. The molecule has 2 aromatic rings. The van der Waals surface area contributed by atoms with Crippen LogP contribution in [0, 0.1) is 10.1 Å². The molecule has 2 aromatic carbocycles. The van der Waals surface area contributed by atoms with Crippen molar-refractivity contribution in [2.24, 2.45) is 0 Å². The predicted molar refractivity (Wildman–Crippen MR) is 76.8 cm³/mol. The molecule has 0 atom stereocenters. The van der Waals surface area contributed by atoms with Crippen LogP contribution < -0.4 is 9.47 Å². The average molecular weight is 289 g/mol. The van der Waals surface area contributed by atoms with Crippen molar-refractivity contribution >= 4 is 5.69 Å². The highest BCUT2D eigenvalue weighted by molar-refractivity contribution is 5.50. The first-order valence-electron chi connectivity index (χ1n) is 6.46. The van der Waals surface area contributed by atoms with Gasteiger partial charge in [0.2, 0.25) is 5.75 Å². The van der Waals surface area contributed by atoms with Gasteiger partial charge in [-0.15, -0.1) is 0 Å². The number of aliphatic hydroxyl groups is 1. The second kappa shape index (κ2) is 7.25. The summed E-state index contributed by atoms with van der Waals surface area (Å²) < 4.78 is 11.1. The Morgan fingerprint density at radius 2 is 1.62 bits per heavy atom. The van der Waals surface area contributed by atoms with Gasteiger partial charge in [0.05, 0.1) is 11.5 Å². The van der Waals surface area contributed by atoms with Crippen LogP contribution in [0.5, 0.6) is 17.2 Å². The fraction of sp³-hybridized carbons (Fsp3) is 0.200. The Balaban J connectivity index is 2.22. The lowest BCUT2D eigenvalue weighted by Gasteiger charge is -2.12. The molecule has 1 N–H and O–H groups in total. The summed E-state index contributed by atoms with van der Waals surface area (Å²) in [6.45, 7) is 0.376. The molecule has 0 bridgehead atoms. The van der Waals surface area contributed by atoms with Crippen molar-refractivity contribution in [3.05, 3.63) is 58.6 Å². The third kappa shape index (κ3) is 3.93. The fourth-order valence-electron chi connectivity index (χ4n) is 1.71. The van der Waals surface area contributed by atoms with Crippen LogP contribution in [0.15, 0.2) is 48.5 Å². The highest BCUT2D eigenvalue weighted by Gasteiger charge is 2.16. The molecule has 0 radical (unpaired) electrons. The molecule has 0 heterocycles. The Morgan fingerprint density at radius 3 is 2.29 bits per heavy atom. The Kier molecular flexibility index (Phi) is 5.11. The van der Waals surface area contributed by atoms with E-state index in [9.17, 15) is 10.1 Å². The smallest absolute Gasteiger partial charge is 0.311 e. The summed E-state index contributed by atoms with van der Waals surface area (Å²) in [5.41, 5.74) is -0.109. The van der Waals surface area contributed by atoms with E-state index in [2.05, 4.69) is 0 Å². The van der Waals surface area contributed by atoms with Crippen LogP contribution in [0.1, 0.15) is 6.42 Å². The SMILES string of the molecule is O=[N+]([O-])c1ccccc1Oc1ccccc1OCCCO. The van der Waals surface area contributed by atoms with E-state index in [0.717, 1.165) is 0 Å². The van der Waals surface area contributed by atoms with Gasteiger partial charge in [0.1, 0.15) is 0 Å². The molecule has 2 rings (SSSR count). The molecule has 110 valence electrons. The van der Waals surface area contributed by atoms with Crippen molar-refractivity contribution in [2.75, 3.05) is 13.2 Å². The minimum absolute atomic E-state index is 0.0349. The summed E-state index contributed by atoms with van der Waals surface area (Å²) >= 11 is 0. The maximum absolute atomic E-state index is 11.0. The normalized spacial score (nSPS) is 10.1. The van der Waals surface area contributed by atoms with Gasteiger partial charge in [-0.1, -0.05) is 24.3 Å². The topological polar surface area (TPSA) is 81.8 Å². The van der Waals surface area contributed by atoms with Crippen molar-refractivity contribution in [2.45, 2.75) is 6.42 Å². The zero-order chi connectivity index (χ0) is 15.1. The van der Waals surface area contributed by atoms with Gasteiger partial charge in [-0.25, -0.2) is 0 Å². The van der Waals surface area contributed by atoms with Crippen LogP contribution in [0.3, 0.4) is 0 Å². The molecule has 0 saturated heterocycles. The number of ether oxygens (including phenoxy) is 2. The second-order valence-corrected chi connectivity index (χ2v) is 4.20. The van der Waals surface area contributed by atoms with Crippen LogP contribution >= 0.6 is 0 Å². The van der Waals surface area contributed by atoms with Gasteiger partial charge in [0.25, 0.3) is 0 Å². The quantitative estimate of drug-likeness (QED) is 0.481. The van der Waals surface area contributed by atoms with E-state index in [4.69, 9.17) is 14.6 Å². The zero-order valence-electron chi connectivity index (χ0n) is 11.3. The molecular weight excluding hydrogens is 274 g/mol. The van der Waals surface area contributed by atoms with Gasteiger partial charge in [-0.2, -0.15) is 0 Å². The molecule has 0 aromatic heterocycles. The Bertz CT molecular complexity index is 615. The van der Waals surface area contributed by atoms with Gasteiger partial charge in [-0.3, -0.25) is 10.1 Å². The van der Waals surface area contributed by atoms with E-state index in [-0.39, 0.29) is 18.0 Å². The van der Waals surface area contributed by atoms with E-state index in [0.29, 0.717) is 24.5 Å². The average Bonchev–Trinajstić information content (AvgIpc) is 2.49. The molecule has 0 spiro atoms. The number of aliphatic hydroxyl groups excluding tert-OH is 1. The number of para-hydroxylation sites is 4. The van der Waals surface area contributed by atoms with E-state index < -0.39 is 4.92 Å². The predicted octanol–water partition coefficient (Wildman–Crippen LogP) is 3.15. The first kappa shape index (κ1) is 14.8. The maximum atomic E-state index is 11.0. The van der Waals surface area contributed by atoms with Crippen LogP contribution in [0.2, 0.25) is 0 Å². The van der Waals surface area contributed by atoms with Crippen molar-refractivity contribution < 1.29 is 19.5 Å². The third-order valence-electron chi connectivity index (χ3n) is 2.69. The molecule has 6 heteroatoms. The molecule has 6 nitrogen and oxygen atoms in total. The first-order chi connectivity index (χ1) is 10.2. The van der Waals surface area contributed by atoms with Crippen molar-refractivity contribution in [1.82, 2.24) is 0 Å². The number of hydrogen-bond acceptors (Lipinski definition) is 5. The minimum atomic E-state index is -0.495. The Morgan fingerprint density at radius 1 is 1.00 bits per heavy atom. The zero-order valence-corrected chi connectivity index (χ0v) is 11.3. The molecule has 0 saturated carbocycles. The largest absolute Gasteiger partial charge is 0.490 e. The lowest BCUT2D eigenvalue weighted by Crippen LogP contribution is -2.01. The summed E-state index contributed by atoms with van der Waals surface area (Å²) in [6, 6.07) is 13.1. The Hall–Kier alpha value is -2.60. The number of nitro benzene ring substituents is 1. The van der Waals surface area contributed by atoms with Gasteiger partial charge in [0, 0.05) is 19.1 Å². The van der Waals surface area contributed by atoms with Crippen molar-refractivity contribution in [3.63, 3.8) is 0 Å². The van der Waals surface area contributed by atoms with E-state index in [1.165, 1.54) is 12.1 Å². The van der Waals surface area contributed by atoms with E-state index in [1.807, 2.05) is 0 Å². The van der Waals surface area contributed by atoms with Gasteiger partial charge in [-0.05, 0) is 18.2 Å². The lowest BCUT2D eigenvalue weighted by atomic mass is 10.3. The molecule has 0 amide bonds. The van der Waals surface area contributed by atoms with Crippen molar-refractivity contribution in [1.29, 1.82) is 0 Å². The van der Waals surface area contributed by atoms with Crippen molar-refractivity contribution in [3.8, 4) is 17.2 Å². The highest BCUT2D eigenvalue weighted by atomic mass is 16.6.